The molecular weight excluding hydrogens is 380 g/mol. The number of hydrogen-bond acceptors (Lipinski definition) is 3. The van der Waals surface area contributed by atoms with E-state index in [1.807, 2.05) is 0 Å². The van der Waals surface area contributed by atoms with E-state index in [0.717, 1.165) is 35.7 Å². The Morgan fingerprint density at radius 3 is 1.45 bits per heavy atom. The van der Waals surface area contributed by atoms with Crippen molar-refractivity contribution in [3.8, 4) is 22.6 Å². The summed E-state index contributed by atoms with van der Waals surface area (Å²) in [4.78, 5) is 0. The van der Waals surface area contributed by atoms with E-state index in [-0.39, 0.29) is 0 Å². The summed E-state index contributed by atoms with van der Waals surface area (Å²) in [6.45, 7) is 10.8. The Balaban J connectivity index is 1.68. The third kappa shape index (κ3) is 6.40. The van der Waals surface area contributed by atoms with Gasteiger partial charge in [0.25, 0.3) is 0 Å². The highest BCUT2D eigenvalue weighted by molar-refractivity contribution is 5.71. The van der Waals surface area contributed by atoms with Gasteiger partial charge in [-0.2, -0.15) is 0 Å². The summed E-state index contributed by atoms with van der Waals surface area (Å²) in [7, 11) is 0. The second-order valence-electron chi connectivity index (χ2n) is 8.49. The molecule has 2 aromatic carbocycles. The molecule has 1 heterocycles. The Bertz CT molecular complexity index is 881. The molecule has 1 aromatic heterocycles. The van der Waals surface area contributed by atoms with Gasteiger partial charge in [-0.05, 0) is 86.3 Å². The molecule has 3 heteroatoms. The van der Waals surface area contributed by atoms with Crippen LogP contribution in [0.1, 0.15) is 63.5 Å². The van der Waals surface area contributed by atoms with E-state index in [9.17, 15) is 0 Å². The number of anilines is 2. The first-order valence-electron chi connectivity index (χ1n) is 11.9. The minimum absolute atomic E-state index is 0.922. The SMILES string of the molecule is CCCCCNc1ccc(-c2ccc(-c3ccc(NCCCCC)cc3C)o2)c(C)c1. The summed E-state index contributed by atoms with van der Waals surface area (Å²) in [5.74, 6) is 1.84. The molecule has 3 aromatic rings. The third-order valence-electron chi connectivity index (χ3n) is 5.81. The van der Waals surface area contributed by atoms with Crippen LogP contribution in [0, 0.1) is 13.8 Å². The van der Waals surface area contributed by atoms with Crippen LogP contribution in [0.2, 0.25) is 0 Å². The smallest absolute Gasteiger partial charge is 0.135 e. The summed E-state index contributed by atoms with van der Waals surface area (Å²) in [6, 6.07) is 17.2. The van der Waals surface area contributed by atoms with Crippen molar-refractivity contribution in [1.82, 2.24) is 0 Å². The third-order valence-corrected chi connectivity index (χ3v) is 5.81. The van der Waals surface area contributed by atoms with E-state index in [2.05, 4.69) is 86.9 Å². The van der Waals surface area contributed by atoms with Crippen LogP contribution in [0.4, 0.5) is 11.4 Å². The monoisotopic (exact) mass is 418 g/mol. The molecule has 0 unspecified atom stereocenters. The first-order valence-corrected chi connectivity index (χ1v) is 11.9. The molecule has 0 radical (unpaired) electrons. The molecule has 3 nitrogen and oxygen atoms in total. The average Bonchev–Trinajstić information content (AvgIpc) is 3.24. The number of hydrogen-bond donors (Lipinski definition) is 2. The Morgan fingerprint density at radius 2 is 1.06 bits per heavy atom. The van der Waals surface area contributed by atoms with Crippen LogP contribution in [0.15, 0.2) is 52.9 Å². The fourth-order valence-corrected chi connectivity index (χ4v) is 3.94. The number of benzene rings is 2. The molecule has 2 N–H and O–H groups in total. The number of nitrogens with one attached hydrogen (secondary N) is 2. The van der Waals surface area contributed by atoms with Crippen LogP contribution in [0.3, 0.4) is 0 Å². The van der Waals surface area contributed by atoms with Gasteiger partial charge < -0.3 is 15.1 Å². The molecule has 0 atom stereocenters. The quantitative estimate of drug-likeness (QED) is 0.290. The highest BCUT2D eigenvalue weighted by Crippen LogP contribution is 2.33. The molecule has 0 saturated heterocycles. The number of furan rings is 1. The molecule has 0 bridgehead atoms. The Morgan fingerprint density at radius 1 is 0.613 bits per heavy atom. The summed E-state index contributed by atoms with van der Waals surface area (Å²) in [5.41, 5.74) is 7.12. The summed E-state index contributed by atoms with van der Waals surface area (Å²) < 4.78 is 6.28. The second kappa shape index (κ2) is 11.6. The zero-order valence-electron chi connectivity index (χ0n) is 19.7. The highest BCUT2D eigenvalue weighted by Gasteiger charge is 2.11. The summed E-state index contributed by atoms with van der Waals surface area (Å²) in [5, 5.41) is 7.06. The zero-order chi connectivity index (χ0) is 22.1. The van der Waals surface area contributed by atoms with E-state index < -0.39 is 0 Å². The first-order chi connectivity index (χ1) is 15.1. The van der Waals surface area contributed by atoms with E-state index in [1.165, 1.54) is 61.0 Å². The van der Waals surface area contributed by atoms with Crippen molar-refractivity contribution in [3.63, 3.8) is 0 Å². The van der Waals surface area contributed by atoms with Gasteiger partial charge in [0.2, 0.25) is 0 Å². The van der Waals surface area contributed by atoms with Gasteiger partial charge in [-0.15, -0.1) is 0 Å². The van der Waals surface area contributed by atoms with Gasteiger partial charge in [0.05, 0.1) is 0 Å². The molecule has 0 amide bonds. The fourth-order valence-electron chi connectivity index (χ4n) is 3.94. The van der Waals surface area contributed by atoms with Crippen molar-refractivity contribution in [2.24, 2.45) is 0 Å². The van der Waals surface area contributed by atoms with Gasteiger partial charge in [0.1, 0.15) is 11.5 Å². The van der Waals surface area contributed by atoms with Crippen molar-refractivity contribution in [1.29, 1.82) is 0 Å². The van der Waals surface area contributed by atoms with Gasteiger partial charge in [0, 0.05) is 35.6 Å². The normalized spacial score (nSPS) is 11.0. The maximum absolute atomic E-state index is 6.28. The maximum atomic E-state index is 6.28. The minimum Gasteiger partial charge on any atom is -0.456 e. The van der Waals surface area contributed by atoms with Crippen molar-refractivity contribution in [3.05, 3.63) is 59.7 Å². The molecule has 0 saturated carbocycles. The number of rotatable bonds is 12. The van der Waals surface area contributed by atoms with Crippen LogP contribution < -0.4 is 10.6 Å². The van der Waals surface area contributed by atoms with Gasteiger partial charge in [-0.1, -0.05) is 39.5 Å². The lowest BCUT2D eigenvalue weighted by atomic mass is 10.1. The fraction of sp³-hybridized carbons (Fsp3) is 0.429. The lowest BCUT2D eigenvalue weighted by Gasteiger charge is -2.10. The molecule has 0 fully saturated rings. The largest absolute Gasteiger partial charge is 0.456 e. The summed E-state index contributed by atoms with van der Waals surface area (Å²) >= 11 is 0. The lowest BCUT2D eigenvalue weighted by molar-refractivity contribution is 0.596. The predicted octanol–water partition coefficient (Wildman–Crippen LogP) is 8.43. The van der Waals surface area contributed by atoms with Crippen molar-refractivity contribution in [2.75, 3.05) is 23.7 Å². The van der Waals surface area contributed by atoms with E-state index in [0.29, 0.717) is 0 Å². The van der Waals surface area contributed by atoms with Crippen LogP contribution in [-0.2, 0) is 0 Å². The molecule has 166 valence electrons. The average molecular weight is 419 g/mol. The van der Waals surface area contributed by atoms with Gasteiger partial charge >= 0.3 is 0 Å². The lowest BCUT2D eigenvalue weighted by Crippen LogP contribution is -2.01. The van der Waals surface area contributed by atoms with E-state index in [1.54, 1.807) is 0 Å². The maximum Gasteiger partial charge on any atom is 0.135 e. The van der Waals surface area contributed by atoms with Crippen molar-refractivity contribution >= 4 is 11.4 Å². The van der Waals surface area contributed by atoms with Crippen LogP contribution in [0.5, 0.6) is 0 Å². The Labute approximate surface area is 188 Å². The second-order valence-corrected chi connectivity index (χ2v) is 8.49. The van der Waals surface area contributed by atoms with E-state index >= 15 is 0 Å². The zero-order valence-corrected chi connectivity index (χ0v) is 19.7. The molecule has 3 rings (SSSR count). The topological polar surface area (TPSA) is 37.2 Å². The van der Waals surface area contributed by atoms with E-state index in [4.69, 9.17) is 4.42 Å². The van der Waals surface area contributed by atoms with Gasteiger partial charge in [0.15, 0.2) is 0 Å². The van der Waals surface area contributed by atoms with Crippen LogP contribution in [0.25, 0.3) is 22.6 Å². The predicted molar refractivity (Wildman–Crippen MR) is 135 cm³/mol. The standard InChI is InChI=1S/C28H38N2O/c1-5-7-9-17-29-23-11-13-25(21(3)19-23)27-15-16-28(31-27)26-14-12-24(20-22(26)4)30-18-10-8-6-2/h11-16,19-20,29-30H,5-10,17-18H2,1-4H3. The molecule has 0 spiro atoms. The minimum atomic E-state index is 0.922. The molecule has 0 aliphatic rings. The summed E-state index contributed by atoms with van der Waals surface area (Å²) in [6.07, 6.45) is 7.47. The molecular formula is C28H38N2O. The molecule has 31 heavy (non-hydrogen) atoms. The van der Waals surface area contributed by atoms with Gasteiger partial charge in [-0.3, -0.25) is 0 Å². The Hall–Kier alpha value is -2.68. The highest BCUT2D eigenvalue weighted by atomic mass is 16.3. The van der Waals surface area contributed by atoms with Crippen molar-refractivity contribution < 1.29 is 4.42 Å². The first kappa shape index (κ1) is 23.0. The molecule has 0 aliphatic carbocycles. The van der Waals surface area contributed by atoms with Crippen LogP contribution in [-0.4, -0.2) is 13.1 Å². The van der Waals surface area contributed by atoms with Crippen LogP contribution >= 0.6 is 0 Å². The number of unbranched alkanes of at least 4 members (excludes halogenated alkanes) is 4. The van der Waals surface area contributed by atoms with Crippen molar-refractivity contribution in [2.45, 2.75) is 66.2 Å². The number of aryl methyl sites for hydroxylation is 2. The Kier molecular flexibility index (Phi) is 8.63. The van der Waals surface area contributed by atoms with Gasteiger partial charge in [-0.25, -0.2) is 0 Å². The molecule has 0 aliphatic heterocycles.